The molecule has 1 aromatic rings. The number of aliphatic hydroxyl groups is 3. The van der Waals surface area contributed by atoms with Crippen LogP contribution < -0.4 is 0 Å². The first-order valence-electron chi connectivity index (χ1n) is 8.12. The largest absolute Gasteiger partial charge is 0.390 e. The molecule has 0 saturated carbocycles. The zero-order valence-electron chi connectivity index (χ0n) is 13.8. The Morgan fingerprint density at radius 3 is 2.58 bits per heavy atom. The van der Waals surface area contributed by atoms with Gasteiger partial charge in [0, 0.05) is 14.1 Å². The Labute approximate surface area is 146 Å². The van der Waals surface area contributed by atoms with E-state index in [1.54, 1.807) is 0 Å². The molecule has 24 heavy (non-hydrogen) atoms. The minimum absolute atomic E-state index is 0.378. The van der Waals surface area contributed by atoms with Gasteiger partial charge in [-0.05, 0) is 18.4 Å². The molecule has 0 spiro atoms. The van der Waals surface area contributed by atoms with Crippen molar-refractivity contribution in [2.24, 2.45) is 4.99 Å². The van der Waals surface area contributed by atoms with Crippen LogP contribution in [0.25, 0.3) is 0 Å². The minimum Gasteiger partial charge on any atom is -0.390 e. The van der Waals surface area contributed by atoms with Crippen LogP contribution in [0.3, 0.4) is 0 Å². The summed E-state index contributed by atoms with van der Waals surface area (Å²) in [7, 11) is 3.75. The Balaban J connectivity index is 1.63. The van der Waals surface area contributed by atoms with E-state index in [9.17, 15) is 15.3 Å². The van der Waals surface area contributed by atoms with Crippen LogP contribution in [0, 0.1) is 0 Å². The predicted octanol–water partition coefficient (Wildman–Crippen LogP) is 0.460. The molecule has 0 amide bonds. The van der Waals surface area contributed by atoms with E-state index < -0.39 is 30.5 Å². The highest BCUT2D eigenvalue weighted by atomic mass is 32.2. The molecule has 3 rings (SSSR count). The molecule has 1 unspecified atom stereocenters. The van der Waals surface area contributed by atoms with Gasteiger partial charge >= 0.3 is 0 Å². The van der Waals surface area contributed by atoms with E-state index in [1.165, 1.54) is 11.8 Å². The van der Waals surface area contributed by atoms with Crippen LogP contribution in [-0.4, -0.2) is 75.4 Å². The molecule has 0 bridgehead atoms. The molecule has 2 aliphatic rings. The lowest BCUT2D eigenvalue weighted by molar-refractivity contribution is -0.185. The van der Waals surface area contributed by atoms with Crippen LogP contribution in [-0.2, 0) is 11.2 Å². The van der Waals surface area contributed by atoms with E-state index in [2.05, 4.69) is 4.99 Å². The van der Waals surface area contributed by atoms with Gasteiger partial charge in [0.1, 0.15) is 29.8 Å². The average Bonchev–Trinajstić information content (AvgIpc) is 3.01. The number of hydrogen-bond acceptors (Lipinski definition) is 7. The number of hydrogen-bond donors (Lipinski definition) is 3. The van der Waals surface area contributed by atoms with Crippen molar-refractivity contribution in [1.82, 2.24) is 4.90 Å². The Morgan fingerprint density at radius 2 is 1.92 bits per heavy atom. The van der Waals surface area contributed by atoms with Crippen molar-refractivity contribution in [3.05, 3.63) is 35.9 Å². The second-order valence-electron chi connectivity index (χ2n) is 6.46. The molecule has 0 aromatic heterocycles. The number of rotatable bonds is 4. The Hall–Kier alpha value is -1.12. The van der Waals surface area contributed by atoms with Gasteiger partial charge in [-0.2, -0.15) is 0 Å². The quantitative estimate of drug-likeness (QED) is 0.730. The Kier molecular flexibility index (Phi) is 5.46. The molecule has 3 N–H and O–H groups in total. The fourth-order valence-corrected chi connectivity index (χ4v) is 4.18. The Morgan fingerprint density at radius 1 is 1.21 bits per heavy atom. The lowest BCUT2D eigenvalue weighted by atomic mass is 9.92. The number of fused-ring (bicyclic) bond motifs is 1. The maximum Gasteiger partial charge on any atom is 0.161 e. The summed E-state index contributed by atoms with van der Waals surface area (Å²) >= 11 is 1.42. The third-order valence-corrected chi connectivity index (χ3v) is 5.72. The molecular formula is C17H24N2O4S. The molecule has 2 heterocycles. The van der Waals surface area contributed by atoms with Crippen molar-refractivity contribution in [2.45, 2.75) is 48.7 Å². The van der Waals surface area contributed by atoms with E-state index in [0.29, 0.717) is 12.8 Å². The van der Waals surface area contributed by atoms with Gasteiger partial charge in [-0.1, -0.05) is 42.1 Å². The number of aliphatic hydroxyl groups excluding tert-OH is 3. The average molecular weight is 352 g/mol. The SMILES string of the molecule is CN(C)C1=N[C@@H]2C(O)[C@H](O)[C@@H]([C@@H](O)CCc3ccccc3)O[C@@H]2S1. The zero-order chi connectivity index (χ0) is 17.3. The third-order valence-electron chi connectivity index (χ3n) is 4.42. The number of benzene rings is 1. The summed E-state index contributed by atoms with van der Waals surface area (Å²) < 4.78 is 5.89. The summed E-state index contributed by atoms with van der Waals surface area (Å²) in [5, 5.41) is 31.9. The second-order valence-corrected chi connectivity index (χ2v) is 7.52. The van der Waals surface area contributed by atoms with Crippen LogP contribution >= 0.6 is 11.8 Å². The van der Waals surface area contributed by atoms with Gasteiger partial charge in [-0.3, -0.25) is 4.99 Å². The van der Waals surface area contributed by atoms with Crippen LogP contribution in [0.15, 0.2) is 35.3 Å². The van der Waals surface area contributed by atoms with Crippen LogP contribution in [0.1, 0.15) is 12.0 Å². The predicted molar refractivity (Wildman–Crippen MR) is 93.9 cm³/mol. The fourth-order valence-electron chi connectivity index (χ4n) is 3.03. The summed E-state index contributed by atoms with van der Waals surface area (Å²) in [5.74, 6) is 0. The standard InChI is InChI=1S/C17H24N2O4S/c1-19(2)17-18-12-13(21)14(22)15(23-16(12)24-17)11(20)9-8-10-6-4-3-5-7-10/h3-7,11-16,20-22H,8-9H2,1-2H3/t11-,12+,13?,14-,15+,16+/m0/s1. The lowest BCUT2D eigenvalue weighted by Crippen LogP contribution is -2.58. The maximum atomic E-state index is 10.5. The summed E-state index contributed by atoms with van der Waals surface area (Å²) in [6.07, 6.45) is -2.70. The molecule has 7 heteroatoms. The molecular weight excluding hydrogens is 328 g/mol. The van der Waals surface area contributed by atoms with Crippen molar-refractivity contribution in [3.8, 4) is 0 Å². The summed E-state index contributed by atoms with van der Waals surface area (Å²) in [6.45, 7) is 0. The van der Waals surface area contributed by atoms with Gasteiger partial charge in [-0.25, -0.2) is 0 Å². The minimum atomic E-state index is -1.15. The number of amidine groups is 1. The lowest BCUT2D eigenvalue weighted by Gasteiger charge is -2.40. The second kappa shape index (κ2) is 7.41. The van der Waals surface area contributed by atoms with E-state index in [1.807, 2.05) is 49.3 Å². The molecule has 1 fully saturated rings. The monoisotopic (exact) mass is 352 g/mol. The number of thioether (sulfide) groups is 1. The van der Waals surface area contributed by atoms with Crippen molar-refractivity contribution in [3.63, 3.8) is 0 Å². The number of ether oxygens (including phenoxy) is 1. The molecule has 0 aliphatic carbocycles. The third kappa shape index (κ3) is 3.60. The van der Waals surface area contributed by atoms with Gasteiger partial charge in [0.2, 0.25) is 0 Å². The number of nitrogens with zero attached hydrogens (tertiary/aromatic N) is 2. The van der Waals surface area contributed by atoms with Crippen LogP contribution in [0.2, 0.25) is 0 Å². The van der Waals surface area contributed by atoms with Gasteiger partial charge in [0.05, 0.1) is 6.10 Å². The maximum absolute atomic E-state index is 10.5. The molecule has 6 nitrogen and oxygen atoms in total. The number of aliphatic imine (C=N–C) groups is 1. The first kappa shape index (κ1) is 17.7. The fraction of sp³-hybridized carbons (Fsp3) is 0.588. The molecule has 6 atom stereocenters. The molecule has 1 saturated heterocycles. The zero-order valence-corrected chi connectivity index (χ0v) is 14.6. The van der Waals surface area contributed by atoms with Gasteiger partial charge in [0.25, 0.3) is 0 Å². The van der Waals surface area contributed by atoms with Crippen LogP contribution in [0.5, 0.6) is 0 Å². The van der Waals surface area contributed by atoms with E-state index >= 15 is 0 Å². The van der Waals surface area contributed by atoms with E-state index in [-0.39, 0.29) is 5.44 Å². The van der Waals surface area contributed by atoms with Gasteiger partial charge < -0.3 is 25.0 Å². The van der Waals surface area contributed by atoms with Crippen molar-refractivity contribution in [2.75, 3.05) is 14.1 Å². The first-order chi connectivity index (χ1) is 11.5. The van der Waals surface area contributed by atoms with Crippen LogP contribution in [0.4, 0.5) is 0 Å². The van der Waals surface area contributed by atoms with Crippen molar-refractivity contribution in [1.29, 1.82) is 0 Å². The van der Waals surface area contributed by atoms with E-state index in [0.717, 1.165) is 10.7 Å². The van der Waals surface area contributed by atoms with Crippen molar-refractivity contribution < 1.29 is 20.1 Å². The first-order valence-corrected chi connectivity index (χ1v) is 9.00. The highest BCUT2D eigenvalue weighted by molar-refractivity contribution is 8.14. The molecule has 132 valence electrons. The van der Waals surface area contributed by atoms with E-state index in [4.69, 9.17) is 4.74 Å². The van der Waals surface area contributed by atoms with Gasteiger partial charge in [-0.15, -0.1) is 0 Å². The molecule has 1 aromatic carbocycles. The highest BCUT2D eigenvalue weighted by Crippen LogP contribution is 2.38. The Bertz CT molecular complexity index is 583. The number of aryl methyl sites for hydroxylation is 1. The summed E-state index contributed by atoms with van der Waals surface area (Å²) in [5.41, 5.74) is 0.742. The van der Waals surface area contributed by atoms with Crippen molar-refractivity contribution >= 4 is 16.9 Å². The highest BCUT2D eigenvalue weighted by Gasteiger charge is 2.50. The summed E-state index contributed by atoms with van der Waals surface area (Å²) in [6, 6.07) is 9.36. The molecule has 0 radical (unpaired) electrons. The van der Waals surface area contributed by atoms with Gasteiger partial charge in [0.15, 0.2) is 5.17 Å². The topological polar surface area (TPSA) is 85.5 Å². The smallest absolute Gasteiger partial charge is 0.161 e. The normalized spacial score (nSPS) is 33.7. The summed E-state index contributed by atoms with van der Waals surface area (Å²) in [4.78, 5) is 6.27. The molecule has 2 aliphatic heterocycles.